The standard InChI is InChI=1S/C21H14ClF4N3O2/c1-11-14(12-4-2-5-13(10-12)21(24,25)26)8-9-17(27-11)28-20(31)29-19(30)18-15(22)6-3-7-16(18)23/h2-10H,1H3,(H2,27,28,29,30,31). The number of rotatable bonds is 3. The van der Waals surface area contributed by atoms with Crippen molar-refractivity contribution in [1.82, 2.24) is 10.3 Å². The molecule has 0 aliphatic rings. The van der Waals surface area contributed by atoms with Crippen LogP contribution in [0.3, 0.4) is 0 Å². The van der Waals surface area contributed by atoms with Crippen LogP contribution in [0.2, 0.25) is 5.02 Å². The van der Waals surface area contributed by atoms with E-state index in [0.717, 1.165) is 18.2 Å². The Hall–Kier alpha value is -3.46. The van der Waals surface area contributed by atoms with Crippen LogP contribution in [0.5, 0.6) is 0 Å². The maximum atomic E-state index is 13.8. The molecular formula is C21H14ClF4N3O2. The highest BCUT2D eigenvalue weighted by molar-refractivity contribution is 6.34. The molecule has 1 aromatic heterocycles. The Balaban J connectivity index is 1.75. The molecule has 0 atom stereocenters. The normalized spacial score (nSPS) is 11.2. The predicted octanol–water partition coefficient (Wildman–Crippen LogP) is 5.83. The fourth-order valence-electron chi connectivity index (χ4n) is 2.83. The van der Waals surface area contributed by atoms with Gasteiger partial charge in [0, 0.05) is 11.3 Å². The molecule has 2 N–H and O–H groups in total. The van der Waals surface area contributed by atoms with Crippen LogP contribution in [0.15, 0.2) is 54.6 Å². The molecule has 3 amide bonds. The van der Waals surface area contributed by atoms with Crippen LogP contribution in [0.1, 0.15) is 21.6 Å². The number of pyridine rings is 1. The van der Waals surface area contributed by atoms with Gasteiger partial charge in [0.2, 0.25) is 0 Å². The summed E-state index contributed by atoms with van der Waals surface area (Å²) in [5, 5.41) is 4.08. The fraction of sp³-hybridized carbons (Fsp3) is 0.0952. The number of nitrogens with zero attached hydrogens (tertiary/aromatic N) is 1. The zero-order valence-corrected chi connectivity index (χ0v) is 16.6. The number of amides is 3. The minimum absolute atomic E-state index is 0.0400. The zero-order valence-electron chi connectivity index (χ0n) is 15.8. The lowest BCUT2D eigenvalue weighted by molar-refractivity contribution is -0.137. The summed E-state index contributed by atoms with van der Waals surface area (Å²) < 4.78 is 52.6. The number of aryl methyl sites for hydroxylation is 1. The number of benzene rings is 2. The lowest BCUT2D eigenvalue weighted by Crippen LogP contribution is -2.35. The molecule has 0 unspecified atom stereocenters. The lowest BCUT2D eigenvalue weighted by Gasteiger charge is -2.12. The van der Waals surface area contributed by atoms with E-state index in [1.165, 1.54) is 36.4 Å². The number of aromatic nitrogens is 1. The predicted molar refractivity (Wildman–Crippen MR) is 107 cm³/mol. The van der Waals surface area contributed by atoms with Crippen molar-refractivity contribution < 1.29 is 27.2 Å². The van der Waals surface area contributed by atoms with Crippen molar-refractivity contribution in [2.24, 2.45) is 0 Å². The molecule has 0 aliphatic carbocycles. The number of imide groups is 1. The molecule has 10 heteroatoms. The van der Waals surface area contributed by atoms with Gasteiger partial charge in [-0.3, -0.25) is 15.4 Å². The summed E-state index contributed by atoms with van der Waals surface area (Å²) in [6.45, 7) is 1.56. The summed E-state index contributed by atoms with van der Waals surface area (Å²) in [4.78, 5) is 28.3. The largest absolute Gasteiger partial charge is 0.416 e. The molecule has 0 bridgehead atoms. The van der Waals surface area contributed by atoms with Gasteiger partial charge >= 0.3 is 12.2 Å². The van der Waals surface area contributed by atoms with E-state index in [1.807, 2.05) is 5.32 Å². The van der Waals surface area contributed by atoms with Crippen LogP contribution in [0, 0.1) is 12.7 Å². The molecule has 3 aromatic rings. The van der Waals surface area contributed by atoms with Crippen LogP contribution >= 0.6 is 11.6 Å². The van der Waals surface area contributed by atoms with Crippen molar-refractivity contribution in [1.29, 1.82) is 0 Å². The number of hydrogen-bond donors (Lipinski definition) is 2. The molecule has 1 heterocycles. The van der Waals surface area contributed by atoms with Crippen LogP contribution < -0.4 is 10.6 Å². The summed E-state index contributed by atoms with van der Waals surface area (Å²) in [7, 11) is 0. The van der Waals surface area contributed by atoms with Gasteiger partial charge in [-0.05, 0) is 48.9 Å². The molecule has 31 heavy (non-hydrogen) atoms. The van der Waals surface area contributed by atoms with E-state index in [9.17, 15) is 27.2 Å². The zero-order chi connectivity index (χ0) is 22.8. The number of carbonyl (C=O) groups excluding carboxylic acids is 2. The van der Waals surface area contributed by atoms with Crippen molar-refractivity contribution in [3.05, 3.63) is 82.3 Å². The van der Waals surface area contributed by atoms with Gasteiger partial charge in [-0.15, -0.1) is 0 Å². The van der Waals surface area contributed by atoms with E-state index in [0.29, 0.717) is 16.8 Å². The Labute approximate surface area is 179 Å². The van der Waals surface area contributed by atoms with E-state index in [-0.39, 0.29) is 10.8 Å². The molecule has 160 valence electrons. The number of urea groups is 1. The number of hydrogen-bond acceptors (Lipinski definition) is 3. The van der Waals surface area contributed by atoms with Gasteiger partial charge in [0.05, 0.1) is 16.1 Å². The maximum absolute atomic E-state index is 13.8. The summed E-state index contributed by atoms with van der Waals surface area (Å²) >= 11 is 5.79. The monoisotopic (exact) mass is 451 g/mol. The van der Waals surface area contributed by atoms with Crippen molar-refractivity contribution in [3.63, 3.8) is 0 Å². The summed E-state index contributed by atoms with van der Waals surface area (Å²) in [6.07, 6.45) is -4.48. The van der Waals surface area contributed by atoms with E-state index in [4.69, 9.17) is 11.6 Å². The van der Waals surface area contributed by atoms with Crippen LogP contribution in [-0.4, -0.2) is 16.9 Å². The molecule has 0 radical (unpaired) electrons. The second-order valence-corrected chi connectivity index (χ2v) is 6.82. The van der Waals surface area contributed by atoms with Gasteiger partial charge < -0.3 is 0 Å². The number of alkyl halides is 3. The Morgan fingerprint density at radius 1 is 1.03 bits per heavy atom. The van der Waals surface area contributed by atoms with Crippen LogP contribution in [-0.2, 0) is 6.18 Å². The lowest BCUT2D eigenvalue weighted by atomic mass is 10.0. The number of anilines is 1. The van der Waals surface area contributed by atoms with Gasteiger partial charge in [0.1, 0.15) is 11.6 Å². The maximum Gasteiger partial charge on any atom is 0.416 e. The molecule has 3 rings (SSSR count). The first-order chi connectivity index (χ1) is 14.6. The van der Waals surface area contributed by atoms with Crippen molar-refractivity contribution >= 4 is 29.4 Å². The van der Waals surface area contributed by atoms with Gasteiger partial charge in [0.15, 0.2) is 0 Å². The Bertz CT molecular complexity index is 1150. The van der Waals surface area contributed by atoms with Crippen molar-refractivity contribution in [2.45, 2.75) is 13.1 Å². The van der Waals surface area contributed by atoms with Gasteiger partial charge in [0.25, 0.3) is 5.91 Å². The average Bonchev–Trinajstić information content (AvgIpc) is 2.67. The van der Waals surface area contributed by atoms with E-state index in [2.05, 4.69) is 10.3 Å². The highest BCUT2D eigenvalue weighted by Crippen LogP contribution is 2.33. The summed E-state index contributed by atoms with van der Waals surface area (Å²) in [5.74, 6) is -1.90. The minimum atomic E-state index is -4.48. The topological polar surface area (TPSA) is 71.1 Å². The van der Waals surface area contributed by atoms with Crippen LogP contribution in [0.25, 0.3) is 11.1 Å². The minimum Gasteiger partial charge on any atom is -0.292 e. The summed E-state index contributed by atoms with van der Waals surface area (Å²) in [5.41, 5.74) is -0.188. The highest BCUT2D eigenvalue weighted by Gasteiger charge is 2.30. The van der Waals surface area contributed by atoms with Gasteiger partial charge in [-0.2, -0.15) is 13.2 Å². The van der Waals surface area contributed by atoms with E-state index in [1.54, 1.807) is 6.92 Å². The Morgan fingerprint density at radius 2 is 1.74 bits per heavy atom. The summed E-state index contributed by atoms with van der Waals surface area (Å²) in [6, 6.07) is 10.3. The Morgan fingerprint density at radius 3 is 2.39 bits per heavy atom. The molecular weight excluding hydrogens is 438 g/mol. The number of nitrogens with one attached hydrogen (secondary N) is 2. The smallest absolute Gasteiger partial charge is 0.292 e. The molecule has 0 fully saturated rings. The Kier molecular flexibility index (Phi) is 6.26. The third-order valence-corrected chi connectivity index (χ3v) is 4.56. The first kappa shape index (κ1) is 22.2. The van der Waals surface area contributed by atoms with Crippen molar-refractivity contribution in [2.75, 3.05) is 5.32 Å². The quantitative estimate of drug-likeness (QED) is 0.492. The SMILES string of the molecule is Cc1nc(NC(=O)NC(=O)c2c(F)cccc2Cl)ccc1-c1cccc(C(F)(F)F)c1. The average molecular weight is 452 g/mol. The molecule has 2 aromatic carbocycles. The third kappa shape index (κ3) is 5.18. The van der Waals surface area contributed by atoms with Gasteiger partial charge in [-0.1, -0.05) is 29.8 Å². The number of carbonyl (C=O) groups is 2. The fourth-order valence-corrected chi connectivity index (χ4v) is 3.08. The molecule has 0 aliphatic heterocycles. The molecule has 0 spiro atoms. The van der Waals surface area contributed by atoms with Crippen molar-refractivity contribution in [3.8, 4) is 11.1 Å². The molecule has 5 nitrogen and oxygen atoms in total. The first-order valence-electron chi connectivity index (χ1n) is 8.78. The molecule has 0 saturated heterocycles. The molecule has 0 saturated carbocycles. The first-order valence-corrected chi connectivity index (χ1v) is 9.15. The second-order valence-electron chi connectivity index (χ2n) is 6.41. The van der Waals surface area contributed by atoms with E-state index >= 15 is 0 Å². The second kappa shape index (κ2) is 8.73. The highest BCUT2D eigenvalue weighted by atomic mass is 35.5. The third-order valence-electron chi connectivity index (χ3n) is 4.25. The van der Waals surface area contributed by atoms with E-state index < -0.39 is 35.1 Å². The van der Waals surface area contributed by atoms with Crippen LogP contribution in [0.4, 0.5) is 28.2 Å². The number of halogens is 5. The van der Waals surface area contributed by atoms with Gasteiger partial charge in [-0.25, -0.2) is 14.2 Å².